The largest absolute Gasteiger partial charge is 0.370 e. The van der Waals surface area contributed by atoms with Gasteiger partial charge < -0.3 is 27.4 Å². The highest BCUT2D eigenvalue weighted by atomic mass is 19.1. The van der Waals surface area contributed by atoms with Crippen molar-refractivity contribution < 1.29 is 14.0 Å². The standard InChI is InChI=1S/C20H31FN6O2/c1-24-16(6-3-9-27-19(22)23)13-17(28)25-10-11-26-18(29)20(7-8-20)14-4-2-5-15(21)12-14/h2,4-5,12,16,24H,3,6-11,13H2,1H3,(H,25,28)(H,26,29)(H4,22,23,27). The third kappa shape index (κ3) is 7.01. The number of carbonyl (C=O) groups excluding carboxylic acids is 2. The zero-order chi connectivity index (χ0) is 21.3. The van der Waals surface area contributed by atoms with Crippen LogP contribution in [0.2, 0.25) is 0 Å². The fraction of sp³-hybridized carbons (Fsp3) is 0.550. The number of rotatable bonds is 12. The van der Waals surface area contributed by atoms with Gasteiger partial charge in [-0.15, -0.1) is 0 Å². The summed E-state index contributed by atoms with van der Waals surface area (Å²) in [5.74, 6) is -0.487. The van der Waals surface area contributed by atoms with Crippen LogP contribution in [0.3, 0.4) is 0 Å². The molecule has 1 fully saturated rings. The summed E-state index contributed by atoms with van der Waals surface area (Å²) >= 11 is 0. The number of guanidine groups is 1. The van der Waals surface area contributed by atoms with Gasteiger partial charge in [-0.2, -0.15) is 0 Å². The van der Waals surface area contributed by atoms with Gasteiger partial charge in [0.05, 0.1) is 5.41 Å². The van der Waals surface area contributed by atoms with Crippen molar-refractivity contribution in [2.75, 3.05) is 26.7 Å². The number of amides is 2. The molecular formula is C20H31FN6O2. The van der Waals surface area contributed by atoms with E-state index in [9.17, 15) is 14.0 Å². The molecule has 1 aromatic carbocycles. The quantitative estimate of drug-likeness (QED) is 0.191. The summed E-state index contributed by atoms with van der Waals surface area (Å²) < 4.78 is 13.4. The van der Waals surface area contributed by atoms with Crippen LogP contribution < -0.4 is 27.4 Å². The molecule has 1 saturated carbocycles. The van der Waals surface area contributed by atoms with Gasteiger partial charge in [0, 0.05) is 32.1 Å². The van der Waals surface area contributed by atoms with E-state index in [1.165, 1.54) is 12.1 Å². The van der Waals surface area contributed by atoms with Crippen LogP contribution in [0.1, 0.15) is 37.7 Å². The van der Waals surface area contributed by atoms with E-state index in [2.05, 4.69) is 20.9 Å². The van der Waals surface area contributed by atoms with Gasteiger partial charge in [-0.1, -0.05) is 12.1 Å². The van der Waals surface area contributed by atoms with E-state index >= 15 is 0 Å². The van der Waals surface area contributed by atoms with Crippen molar-refractivity contribution in [3.05, 3.63) is 35.6 Å². The molecule has 0 saturated heterocycles. The maximum Gasteiger partial charge on any atom is 0.230 e. The number of nitrogens with two attached hydrogens (primary N) is 2. The van der Waals surface area contributed by atoms with Crippen LogP contribution in [-0.4, -0.2) is 50.5 Å². The Labute approximate surface area is 170 Å². The summed E-state index contributed by atoms with van der Waals surface area (Å²) in [6.07, 6.45) is 3.29. The monoisotopic (exact) mass is 406 g/mol. The van der Waals surface area contributed by atoms with Crippen molar-refractivity contribution in [2.24, 2.45) is 16.5 Å². The Kier molecular flexibility index (Phi) is 8.38. The van der Waals surface area contributed by atoms with Crippen LogP contribution in [0.5, 0.6) is 0 Å². The Balaban J connectivity index is 1.67. The van der Waals surface area contributed by atoms with E-state index in [4.69, 9.17) is 11.5 Å². The van der Waals surface area contributed by atoms with Crippen LogP contribution >= 0.6 is 0 Å². The van der Waals surface area contributed by atoms with Crippen LogP contribution in [-0.2, 0) is 15.0 Å². The molecule has 29 heavy (non-hydrogen) atoms. The van der Waals surface area contributed by atoms with Gasteiger partial charge in [0.25, 0.3) is 0 Å². The van der Waals surface area contributed by atoms with E-state index < -0.39 is 5.41 Å². The number of carbonyl (C=O) groups is 2. The van der Waals surface area contributed by atoms with Gasteiger partial charge in [0.2, 0.25) is 11.8 Å². The zero-order valence-corrected chi connectivity index (χ0v) is 16.8. The summed E-state index contributed by atoms with van der Waals surface area (Å²) in [5.41, 5.74) is 10.6. The number of nitrogens with zero attached hydrogens (tertiary/aromatic N) is 1. The molecule has 0 bridgehead atoms. The molecule has 7 N–H and O–H groups in total. The summed E-state index contributed by atoms with van der Waals surface area (Å²) in [4.78, 5) is 28.5. The first-order chi connectivity index (χ1) is 13.9. The molecule has 0 spiro atoms. The molecule has 9 heteroatoms. The van der Waals surface area contributed by atoms with Crippen molar-refractivity contribution in [1.82, 2.24) is 16.0 Å². The third-order valence-corrected chi connectivity index (χ3v) is 5.14. The fourth-order valence-electron chi connectivity index (χ4n) is 3.30. The number of hydrogen-bond acceptors (Lipinski definition) is 4. The second-order valence-corrected chi connectivity index (χ2v) is 7.34. The van der Waals surface area contributed by atoms with Crippen molar-refractivity contribution >= 4 is 17.8 Å². The van der Waals surface area contributed by atoms with Crippen LogP contribution in [0.15, 0.2) is 29.3 Å². The molecule has 2 amide bonds. The topological polar surface area (TPSA) is 135 Å². The van der Waals surface area contributed by atoms with Gasteiger partial charge in [-0.25, -0.2) is 4.39 Å². The fourth-order valence-corrected chi connectivity index (χ4v) is 3.30. The van der Waals surface area contributed by atoms with Crippen molar-refractivity contribution in [3.63, 3.8) is 0 Å². The van der Waals surface area contributed by atoms with E-state index in [1.54, 1.807) is 19.2 Å². The molecule has 0 aliphatic heterocycles. The highest BCUT2D eigenvalue weighted by Crippen LogP contribution is 2.48. The highest BCUT2D eigenvalue weighted by molar-refractivity contribution is 5.91. The number of hydrogen-bond donors (Lipinski definition) is 5. The molecule has 8 nitrogen and oxygen atoms in total. The minimum atomic E-state index is -0.626. The highest BCUT2D eigenvalue weighted by Gasteiger charge is 2.51. The lowest BCUT2D eigenvalue weighted by Crippen LogP contribution is -2.41. The van der Waals surface area contributed by atoms with Gasteiger partial charge >= 0.3 is 0 Å². The summed E-state index contributed by atoms with van der Waals surface area (Å²) in [6.45, 7) is 1.20. The number of halogens is 1. The molecule has 0 heterocycles. The summed E-state index contributed by atoms with van der Waals surface area (Å²) in [6, 6.07) is 6.21. The van der Waals surface area contributed by atoms with Crippen LogP contribution in [0, 0.1) is 5.82 Å². The molecule has 1 aliphatic rings. The smallest absolute Gasteiger partial charge is 0.230 e. The Hall–Kier alpha value is -2.68. The Morgan fingerprint density at radius 2 is 1.97 bits per heavy atom. The Bertz CT molecular complexity index is 731. The molecule has 2 rings (SSSR count). The number of nitrogens with one attached hydrogen (secondary N) is 3. The van der Waals surface area contributed by atoms with Gasteiger partial charge in [0.1, 0.15) is 5.82 Å². The van der Waals surface area contributed by atoms with Gasteiger partial charge in [-0.3, -0.25) is 14.6 Å². The van der Waals surface area contributed by atoms with E-state index in [0.29, 0.717) is 44.5 Å². The first kappa shape index (κ1) is 22.6. The number of benzene rings is 1. The molecule has 1 unspecified atom stereocenters. The molecule has 0 radical (unpaired) electrons. The lowest BCUT2D eigenvalue weighted by atomic mass is 9.95. The van der Waals surface area contributed by atoms with Gasteiger partial charge in [-0.05, 0) is 50.4 Å². The predicted octanol–water partition coefficient (Wildman–Crippen LogP) is 0.121. The lowest BCUT2D eigenvalue weighted by molar-refractivity contribution is -0.124. The van der Waals surface area contributed by atoms with Crippen molar-refractivity contribution in [3.8, 4) is 0 Å². The predicted molar refractivity (Wildman–Crippen MR) is 111 cm³/mol. The van der Waals surface area contributed by atoms with Crippen molar-refractivity contribution in [1.29, 1.82) is 0 Å². The van der Waals surface area contributed by atoms with E-state index in [-0.39, 0.29) is 29.6 Å². The Morgan fingerprint density at radius 3 is 2.59 bits per heavy atom. The van der Waals surface area contributed by atoms with E-state index in [1.807, 2.05) is 0 Å². The second-order valence-electron chi connectivity index (χ2n) is 7.34. The first-order valence-electron chi connectivity index (χ1n) is 9.91. The lowest BCUT2D eigenvalue weighted by Gasteiger charge is -2.17. The molecule has 1 aliphatic carbocycles. The summed E-state index contributed by atoms with van der Waals surface area (Å²) in [5, 5.41) is 8.77. The molecule has 1 aromatic rings. The SMILES string of the molecule is CNC(CCCN=C(N)N)CC(=O)NCCNC(=O)C1(c2cccc(F)c2)CC1. The van der Waals surface area contributed by atoms with Crippen LogP contribution in [0.25, 0.3) is 0 Å². The minimum Gasteiger partial charge on any atom is -0.370 e. The average Bonchev–Trinajstić information content (AvgIpc) is 3.49. The number of aliphatic imine (C=N–C) groups is 1. The molecule has 160 valence electrons. The first-order valence-corrected chi connectivity index (χ1v) is 9.91. The maximum atomic E-state index is 13.4. The third-order valence-electron chi connectivity index (χ3n) is 5.14. The summed E-state index contributed by atoms with van der Waals surface area (Å²) in [7, 11) is 1.81. The molecular weight excluding hydrogens is 375 g/mol. The average molecular weight is 407 g/mol. The van der Waals surface area contributed by atoms with Crippen molar-refractivity contribution in [2.45, 2.75) is 43.6 Å². The Morgan fingerprint density at radius 1 is 1.24 bits per heavy atom. The zero-order valence-electron chi connectivity index (χ0n) is 16.8. The normalized spacial score (nSPS) is 15.2. The minimum absolute atomic E-state index is 0.0292. The van der Waals surface area contributed by atoms with Crippen LogP contribution in [0.4, 0.5) is 4.39 Å². The molecule has 1 atom stereocenters. The maximum absolute atomic E-state index is 13.4. The van der Waals surface area contributed by atoms with Gasteiger partial charge in [0.15, 0.2) is 5.96 Å². The molecule has 0 aromatic heterocycles. The van der Waals surface area contributed by atoms with E-state index in [0.717, 1.165) is 12.8 Å². The second kappa shape index (κ2) is 10.8.